The van der Waals surface area contributed by atoms with E-state index in [4.69, 9.17) is 4.74 Å². The summed E-state index contributed by atoms with van der Waals surface area (Å²) in [6, 6.07) is 7.16. The number of carbonyl (C=O) groups is 2. The lowest BCUT2D eigenvalue weighted by Gasteiger charge is -2.10. The molecule has 0 unspecified atom stereocenters. The second-order valence-electron chi connectivity index (χ2n) is 4.74. The van der Waals surface area contributed by atoms with Crippen LogP contribution in [0.15, 0.2) is 29.3 Å². The summed E-state index contributed by atoms with van der Waals surface area (Å²) in [5, 5.41) is 5.63. The molecule has 2 N–H and O–H groups in total. The number of carbonyl (C=O) groups excluding carboxylic acids is 2. The normalized spacial score (nSPS) is 19.1. The number of hydrogen-bond donors (Lipinski definition) is 2. The second-order valence-corrected chi connectivity index (χ2v) is 5.93. The third kappa shape index (κ3) is 4.24. The predicted octanol–water partition coefficient (Wildman–Crippen LogP) is 2.02. The average Bonchev–Trinajstić information content (AvgIpc) is 2.85. The SMILES string of the molecule is CCCN=C1NC(=O)[C@H](CC(=O)Nc2ccccc2OC)S1. The molecule has 1 aliphatic heterocycles. The number of nitrogens with zero attached hydrogens (tertiary/aromatic N) is 1. The third-order valence-electron chi connectivity index (χ3n) is 3.01. The quantitative estimate of drug-likeness (QED) is 0.840. The fourth-order valence-electron chi connectivity index (χ4n) is 1.95. The summed E-state index contributed by atoms with van der Waals surface area (Å²) in [5.74, 6) is 0.188. The van der Waals surface area contributed by atoms with Gasteiger partial charge in [0, 0.05) is 13.0 Å². The molecule has 22 heavy (non-hydrogen) atoms. The van der Waals surface area contributed by atoms with Gasteiger partial charge in [0.15, 0.2) is 5.17 Å². The van der Waals surface area contributed by atoms with Gasteiger partial charge in [0.1, 0.15) is 11.0 Å². The number of anilines is 1. The molecule has 0 bridgehead atoms. The zero-order valence-electron chi connectivity index (χ0n) is 12.6. The van der Waals surface area contributed by atoms with Crippen LogP contribution in [0.4, 0.5) is 5.69 Å². The molecule has 0 spiro atoms. The van der Waals surface area contributed by atoms with E-state index in [1.54, 1.807) is 19.2 Å². The van der Waals surface area contributed by atoms with Crippen molar-refractivity contribution >= 4 is 34.4 Å². The van der Waals surface area contributed by atoms with Crippen LogP contribution in [0.1, 0.15) is 19.8 Å². The first kappa shape index (κ1) is 16.4. The largest absolute Gasteiger partial charge is 0.495 e. The Balaban J connectivity index is 1.93. The molecule has 2 rings (SSSR count). The van der Waals surface area contributed by atoms with Gasteiger partial charge in [0.25, 0.3) is 0 Å². The predicted molar refractivity (Wildman–Crippen MR) is 88.4 cm³/mol. The van der Waals surface area contributed by atoms with E-state index in [2.05, 4.69) is 15.6 Å². The van der Waals surface area contributed by atoms with Crippen molar-refractivity contribution in [1.29, 1.82) is 0 Å². The monoisotopic (exact) mass is 321 g/mol. The summed E-state index contributed by atoms with van der Waals surface area (Å²) in [4.78, 5) is 28.2. The minimum absolute atomic E-state index is 0.0969. The van der Waals surface area contributed by atoms with E-state index < -0.39 is 5.25 Å². The molecule has 1 atom stereocenters. The number of aliphatic imine (C=N–C) groups is 1. The zero-order valence-corrected chi connectivity index (χ0v) is 13.4. The van der Waals surface area contributed by atoms with Crippen LogP contribution in [0.3, 0.4) is 0 Å². The number of para-hydroxylation sites is 2. The first-order valence-corrected chi connectivity index (χ1v) is 7.96. The van der Waals surface area contributed by atoms with Crippen LogP contribution in [-0.2, 0) is 9.59 Å². The van der Waals surface area contributed by atoms with Gasteiger partial charge in [0.05, 0.1) is 12.8 Å². The van der Waals surface area contributed by atoms with Crippen molar-refractivity contribution in [3.8, 4) is 5.75 Å². The minimum atomic E-state index is -0.440. The van der Waals surface area contributed by atoms with E-state index in [1.165, 1.54) is 11.8 Å². The van der Waals surface area contributed by atoms with Gasteiger partial charge in [-0.3, -0.25) is 14.6 Å². The Morgan fingerprint density at radius 3 is 2.95 bits per heavy atom. The summed E-state index contributed by atoms with van der Waals surface area (Å²) >= 11 is 1.30. The molecule has 118 valence electrons. The van der Waals surface area contributed by atoms with Crippen molar-refractivity contribution in [2.75, 3.05) is 19.0 Å². The standard InChI is InChI=1S/C15H19N3O3S/c1-3-8-16-15-18-14(20)12(22-15)9-13(19)17-10-6-4-5-7-11(10)21-2/h4-7,12H,3,8-9H2,1-2H3,(H,17,19)(H,16,18,20)/t12-/m0/s1. The van der Waals surface area contributed by atoms with Crippen molar-refractivity contribution in [3.63, 3.8) is 0 Å². The van der Waals surface area contributed by atoms with Crippen molar-refractivity contribution in [2.24, 2.45) is 4.99 Å². The molecule has 6 nitrogen and oxygen atoms in total. The first-order valence-electron chi connectivity index (χ1n) is 7.09. The molecule has 1 heterocycles. The zero-order chi connectivity index (χ0) is 15.9. The molecule has 1 saturated heterocycles. The number of methoxy groups -OCH3 is 1. The Kier molecular flexibility index (Phi) is 5.83. The van der Waals surface area contributed by atoms with Gasteiger partial charge in [-0.15, -0.1) is 0 Å². The average molecular weight is 321 g/mol. The van der Waals surface area contributed by atoms with Crippen molar-refractivity contribution in [3.05, 3.63) is 24.3 Å². The molecular weight excluding hydrogens is 302 g/mol. The highest BCUT2D eigenvalue weighted by Gasteiger charge is 2.32. The molecule has 1 fully saturated rings. The fourth-order valence-corrected chi connectivity index (χ4v) is 2.94. The highest BCUT2D eigenvalue weighted by Crippen LogP contribution is 2.26. The Morgan fingerprint density at radius 1 is 1.45 bits per heavy atom. The van der Waals surface area contributed by atoms with Gasteiger partial charge in [-0.1, -0.05) is 30.8 Å². The summed E-state index contributed by atoms with van der Waals surface area (Å²) in [5.41, 5.74) is 0.596. The van der Waals surface area contributed by atoms with E-state index in [-0.39, 0.29) is 18.2 Å². The van der Waals surface area contributed by atoms with Crippen LogP contribution < -0.4 is 15.4 Å². The molecule has 0 saturated carbocycles. The van der Waals surface area contributed by atoms with Gasteiger partial charge in [-0.2, -0.15) is 0 Å². The topological polar surface area (TPSA) is 79.8 Å². The molecule has 1 aromatic rings. The molecule has 1 aromatic carbocycles. The highest BCUT2D eigenvalue weighted by molar-refractivity contribution is 8.15. The number of nitrogens with one attached hydrogen (secondary N) is 2. The maximum atomic E-state index is 12.1. The van der Waals surface area contributed by atoms with Gasteiger partial charge >= 0.3 is 0 Å². The molecular formula is C15H19N3O3S. The lowest BCUT2D eigenvalue weighted by molar-refractivity contribution is -0.122. The van der Waals surface area contributed by atoms with E-state index >= 15 is 0 Å². The number of amides is 2. The number of hydrogen-bond acceptors (Lipinski definition) is 5. The van der Waals surface area contributed by atoms with Crippen LogP contribution in [0.2, 0.25) is 0 Å². The van der Waals surface area contributed by atoms with E-state index in [9.17, 15) is 9.59 Å². The second kappa shape index (κ2) is 7.84. The number of rotatable bonds is 6. The van der Waals surface area contributed by atoms with E-state index in [1.807, 2.05) is 19.1 Å². The van der Waals surface area contributed by atoms with Gasteiger partial charge in [-0.05, 0) is 18.6 Å². The Labute approximate surface area is 133 Å². The maximum Gasteiger partial charge on any atom is 0.240 e. The Hall–Kier alpha value is -2.02. The Morgan fingerprint density at radius 2 is 2.23 bits per heavy atom. The van der Waals surface area contributed by atoms with E-state index in [0.29, 0.717) is 23.1 Å². The highest BCUT2D eigenvalue weighted by atomic mass is 32.2. The molecule has 0 aliphatic carbocycles. The first-order chi connectivity index (χ1) is 10.6. The van der Waals surface area contributed by atoms with Gasteiger partial charge in [0.2, 0.25) is 11.8 Å². The summed E-state index contributed by atoms with van der Waals surface area (Å²) in [7, 11) is 1.54. The maximum absolute atomic E-state index is 12.1. The number of thioether (sulfide) groups is 1. The summed E-state index contributed by atoms with van der Waals surface area (Å²) < 4.78 is 5.18. The van der Waals surface area contributed by atoms with Crippen LogP contribution in [0.25, 0.3) is 0 Å². The fraction of sp³-hybridized carbons (Fsp3) is 0.400. The van der Waals surface area contributed by atoms with Gasteiger partial charge < -0.3 is 15.4 Å². The summed E-state index contributed by atoms with van der Waals surface area (Å²) in [6.07, 6.45) is 1.01. The molecule has 1 aliphatic rings. The van der Waals surface area contributed by atoms with Crippen molar-refractivity contribution in [2.45, 2.75) is 25.0 Å². The van der Waals surface area contributed by atoms with Crippen LogP contribution >= 0.6 is 11.8 Å². The van der Waals surface area contributed by atoms with E-state index in [0.717, 1.165) is 6.42 Å². The van der Waals surface area contributed by atoms with Crippen LogP contribution in [-0.4, -0.2) is 35.9 Å². The summed E-state index contributed by atoms with van der Waals surface area (Å²) in [6.45, 7) is 2.69. The van der Waals surface area contributed by atoms with Crippen LogP contribution in [0.5, 0.6) is 5.75 Å². The van der Waals surface area contributed by atoms with Crippen molar-refractivity contribution < 1.29 is 14.3 Å². The molecule has 2 amide bonds. The molecule has 0 radical (unpaired) electrons. The van der Waals surface area contributed by atoms with Crippen LogP contribution in [0, 0.1) is 0 Å². The smallest absolute Gasteiger partial charge is 0.240 e. The number of amidine groups is 1. The minimum Gasteiger partial charge on any atom is -0.495 e. The Bertz CT molecular complexity index is 589. The van der Waals surface area contributed by atoms with Gasteiger partial charge in [-0.25, -0.2) is 0 Å². The lowest BCUT2D eigenvalue weighted by atomic mass is 10.2. The molecule has 0 aromatic heterocycles. The lowest BCUT2D eigenvalue weighted by Crippen LogP contribution is -2.28. The van der Waals surface area contributed by atoms with Crippen molar-refractivity contribution in [1.82, 2.24) is 5.32 Å². The third-order valence-corrected chi connectivity index (χ3v) is 4.13. The number of benzene rings is 1. The number of ether oxygens (including phenoxy) is 1. The molecule has 7 heteroatoms.